The second kappa shape index (κ2) is 6.20. The number of ether oxygens (including phenoxy) is 1. The molecule has 1 aliphatic rings. The molecule has 0 atom stereocenters. The minimum absolute atomic E-state index is 0.0376. The molecule has 96 valence electrons. The highest BCUT2D eigenvalue weighted by molar-refractivity contribution is 8.13. The van der Waals surface area contributed by atoms with E-state index >= 15 is 0 Å². The molecule has 0 aromatic heterocycles. The Balaban J connectivity index is 2.36. The van der Waals surface area contributed by atoms with E-state index in [2.05, 4.69) is 11.4 Å². The highest BCUT2D eigenvalue weighted by Crippen LogP contribution is 2.34. The summed E-state index contributed by atoms with van der Waals surface area (Å²) in [6.45, 7) is 0. The van der Waals surface area contributed by atoms with E-state index < -0.39 is 0 Å². The summed E-state index contributed by atoms with van der Waals surface area (Å²) in [7, 11) is 1.54. The molecule has 1 aliphatic heterocycles. The first-order valence-corrected chi connectivity index (χ1v) is 7.81. The first-order valence-electron chi connectivity index (χ1n) is 5.60. The summed E-state index contributed by atoms with van der Waals surface area (Å²) in [5.41, 5.74) is 1.91. The topological polar surface area (TPSA) is 38.3 Å². The second-order valence-corrected chi connectivity index (χ2v) is 5.64. The van der Waals surface area contributed by atoms with Crippen LogP contribution < -0.4 is 5.32 Å². The van der Waals surface area contributed by atoms with Crippen LogP contribution in [0, 0.1) is 0 Å². The van der Waals surface area contributed by atoms with Crippen LogP contribution >= 0.6 is 23.5 Å². The Morgan fingerprint density at radius 1 is 1.44 bits per heavy atom. The third-order valence-corrected chi connectivity index (χ3v) is 4.26. The Bertz CT molecular complexity index is 486. The van der Waals surface area contributed by atoms with Gasteiger partial charge < -0.3 is 10.1 Å². The van der Waals surface area contributed by atoms with Crippen molar-refractivity contribution < 1.29 is 9.53 Å². The molecule has 0 fully saturated rings. The number of hydrogen-bond donors (Lipinski definition) is 1. The standard InChI is InChI=1S/C13H15NO2S2/c1-16-12(13(15)17-2)10-7-8-18-11-6-4-3-5-9(11)14-10/h3-6,14H,7-8H2,1-2H3/b12-10+. The van der Waals surface area contributed by atoms with Crippen molar-refractivity contribution in [1.82, 2.24) is 0 Å². The molecule has 3 nitrogen and oxygen atoms in total. The molecule has 0 bridgehead atoms. The van der Waals surface area contributed by atoms with Crippen LogP contribution in [0.2, 0.25) is 0 Å². The van der Waals surface area contributed by atoms with Crippen LogP contribution in [0.25, 0.3) is 0 Å². The summed E-state index contributed by atoms with van der Waals surface area (Å²) in [4.78, 5) is 13.0. The van der Waals surface area contributed by atoms with Crippen molar-refractivity contribution in [2.45, 2.75) is 11.3 Å². The number of fused-ring (bicyclic) bond motifs is 1. The Hall–Kier alpha value is -1.07. The predicted molar refractivity (Wildman–Crippen MR) is 78.0 cm³/mol. The van der Waals surface area contributed by atoms with Gasteiger partial charge in [-0.1, -0.05) is 23.9 Å². The van der Waals surface area contributed by atoms with Gasteiger partial charge >= 0.3 is 0 Å². The number of hydrogen-bond acceptors (Lipinski definition) is 5. The number of para-hydroxylation sites is 1. The highest BCUT2D eigenvalue weighted by Gasteiger charge is 2.19. The average Bonchev–Trinajstić information content (AvgIpc) is 2.61. The molecule has 0 unspecified atom stereocenters. The normalized spacial score (nSPS) is 17.2. The van der Waals surface area contributed by atoms with Gasteiger partial charge in [-0.15, -0.1) is 11.8 Å². The molecule has 1 aromatic carbocycles. The summed E-state index contributed by atoms with van der Waals surface area (Å²) in [5, 5.41) is 3.29. The van der Waals surface area contributed by atoms with Crippen molar-refractivity contribution in [1.29, 1.82) is 0 Å². The van der Waals surface area contributed by atoms with Crippen molar-refractivity contribution >= 4 is 34.3 Å². The summed E-state index contributed by atoms with van der Waals surface area (Å²) in [5.74, 6) is 1.37. The molecule has 0 radical (unpaired) electrons. The van der Waals surface area contributed by atoms with Crippen LogP contribution in [-0.4, -0.2) is 24.2 Å². The minimum Gasteiger partial charge on any atom is -0.491 e. The van der Waals surface area contributed by atoms with E-state index in [9.17, 15) is 4.79 Å². The largest absolute Gasteiger partial charge is 0.491 e. The van der Waals surface area contributed by atoms with Crippen molar-refractivity contribution in [2.24, 2.45) is 0 Å². The van der Waals surface area contributed by atoms with E-state index in [1.165, 1.54) is 16.7 Å². The molecule has 0 spiro atoms. The van der Waals surface area contributed by atoms with Crippen LogP contribution in [0.1, 0.15) is 6.42 Å². The molecule has 0 saturated heterocycles. The van der Waals surface area contributed by atoms with Crippen molar-refractivity contribution in [3.05, 3.63) is 35.7 Å². The third kappa shape index (κ3) is 2.84. The SMILES string of the molecule is CO/C(C(=O)SC)=C1\CCSc2ccccc2N1. The van der Waals surface area contributed by atoms with Crippen molar-refractivity contribution in [2.75, 3.05) is 24.4 Å². The van der Waals surface area contributed by atoms with E-state index in [0.717, 1.165) is 23.6 Å². The molecule has 1 N–H and O–H groups in total. The summed E-state index contributed by atoms with van der Waals surface area (Å²) >= 11 is 2.96. The van der Waals surface area contributed by atoms with Crippen LogP contribution in [0.4, 0.5) is 5.69 Å². The lowest BCUT2D eigenvalue weighted by Crippen LogP contribution is -2.10. The van der Waals surface area contributed by atoms with Gasteiger partial charge in [-0.25, -0.2) is 0 Å². The lowest BCUT2D eigenvalue weighted by molar-refractivity contribution is -0.110. The van der Waals surface area contributed by atoms with E-state index in [-0.39, 0.29) is 5.12 Å². The Kier molecular flexibility index (Phi) is 4.60. The molecular formula is C13H15NO2S2. The molecular weight excluding hydrogens is 266 g/mol. The lowest BCUT2D eigenvalue weighted by Gasteiger charge is -2.13. The lowest BCUT2D eigenvalue weighted by atomic mass is 10.2. The molecule has 1 aromatic rings. The van der Waals surface area contributed by atoms with Gasteiger partial charge in [-0.2, -0.15) is 0 Å². The number of benzene rings is 1. The molecule has 2 rings (SSSR count). The van der Waals surface area contributed by atoms with Gasteiger partial charge in [-0.3, -0.25) is 4.79 Å². The van der Waals surface area contributed by atoms with Crippen molar-refractivity contribution in [3.8, 4) is 0 Å². The first-order chi connectivity index (χ1) is 8.76. The number of thioether (sulfide) groups is 2. The van der Waals surface area contributed by atoms with Gasteiger partial charge in [0, 0.05) is 17.1 Å². The summed E-state index contributed by atoms with van der Waals surface area (Å²) < 4.78 is 5.25. The zero-order chi connectivity index (χ0) is 13.0. The second-order valence-electron chi connectivity index (χ2n) is 3.72. The Morgan fingerprint density at radius 3 is 2.94 bits per heavy atom. The average molecular weight is 281 g/mol. The van der Waals surface area contributed by atoms with Gasteiger partial charge in [0.15, 0.2) is 5.76 Å². The maximum absolute atomic E-state index is 11.8. The molecule has 0 saturated carbocycles. The van der Waals surface area contributed by atoms with Gasteiger partial charge in [0.25, 0.3) is 5.12 Å². The number of carbonyl (C=O) groups excluding carboxylic acids is 1. The van der Waals surface area contributed by atoms with Crippen LogP contribution in [0.3, 0.4) is 0 Å². The molecule has 0 aliphatic carbocycles. The van der Waals surface area contributed by atoms with Crippen molar-refractivity contribution in [3.63, 3.8) is 0 Å². The number of carbonyl (C=O) groups is 1. The van der Waals surface area contributed by atoms with Gasteiger partial charge in [0.05, 0.1) is 18.5 Å². The zero-order valence-electron chi connectivity index (χ0n) is 10.4. The smallest absolute Gasteiger partial charge is 0.255 e. The Morgan fingerprint density at radius 2 is 2.22 bits per heavy atom. The first kappa shape index (κ1) is 13.4. The predicted octanol–water partition coefficient (Wildman–Crippen LogP) is 3.34. The fourth-order valence-electron chi connectivity index (χ4n) is 1.78. The fourth-order valence-corrected chi connectivity index (χ4v) is 3.14. The number of nitrogens with one attached hydrogen (secondary N) is 1. The number of anilines is 1. The maximum atomic E-state index is 11.8. The van der Waals surface area contributed by atoms with Crippen LogP contribution in [0.5, 0.6) is 0 Å². The van der Waals surface area contributed by atoms with E-state index in [1.54, 1.807) is 25.1 Å². The monoisotopic (exact) mass is 281 g/mol. The highest BCUT2D eigenvalue weighted by atomic mass is 32.2. The van der Waals surface area contributed by atoms with Crippen LogP contribution in [0.15, 0.2) is 40.6 Å². The quantitative estimate of drug-likeness (QED) is 0.665. The molecule has 0 amide bonds. The van der Waals surface area contributed by atoms with Crippen LogP contribution in [-0.2, 0) is 9.53 Å². The van der Waals surface area contributed by atoms with E-state index in [0.29, 0.717) is 5.76 Å². The summed E-state index contributed by atoms with van der Waals surface area (Å²) in [6.07, 6.45) is 2.57. The number of rotatable bonds is 2. The third-order valence-electron chi connectivity index (χ3n) is 2.63. The summed E-state index contributed by atoms with van der Waals surface area (Å²) in [6, 6.07) is 8.11. The Labute approximate surface area is 115 Å². The molecule has 18 heavy (non-hydrogen) atoms. The fraction of sp³-hybridized carbons (Fsp3) is 0.308. The molecule has 5 heteroatoms. The van der Waals surface area contributed by atoms with Gasteiger partial charge in [-0.05, 0) is 18.4 Å². The van der Waals surface area contributed by atoms with Gasteiger partial charge in [0.2, 0.25) is 0 Å². The molecule has 1 heterocycles. The van der Waals surface area contributed by atoms with E-state index in [1.807, 2.05) is 18.2 Å². The maximum Gasteiger partial charge on any atom is 0.255 e. The minimum atomic E-state index is -0.0376. The number of allylic oxidation sites excluding steroid dienone is 1. The number of methoxy groups -OCH3 is 1. The zero-order valence-corrected chi connectivity index (χ0v) is 12.0. The van der Waals surface area contributed by atoms with E-state index in [4.69, 9.17) is 4.74 Å². The van der Waals surface area contributed by atoms with Gasteiger partial charge in [0.1, 0.15) is 0 Å².